The number of hydrogen-bond donors (Lipinski definition) is 0. The van der Waals surface area contributed by atoms with Gasteiger partial charge in [-0.25, -0.2) is 0 Å². The Labute approximate surface area is 98.5 Å². The molecule has 0 aromatic rings. The van der Waals surface area contributed by atoms with Gasteiger partial charge in [-0.3, -0.25) is 0 Å². The molecular weight excluding hydrogens is 196 g/mol. The van der Waals surface area contributed by atoms with Crippen LogP contribution in [0.2, 0.25) is 17.6 Å². The van der Waals surface area contributed by atoms with Crippen molar-refractivity contribution in [2.45, 2.75) is 89.3 Å². The second-order valence-electron chi connectivity index (χ2n) is 5.20. The van der Waals surface area contributed by atoms with E-state index in [0.29, 0.717) is 0 Å². The maximum Gasteiger partial charge on any atom is 0.0512 e. The molecule has 0 N–H and O–H groups in total. The van der Waals surface area contributed by atoms with Gasteiger partial charge >= 0.3 is 0 Å². The van der Waals surface area contributed by atoms with Crippen LogP contribution in [0.3, 0.4) is 0 Å². The molecule has 1 saturated carbocycles. The maximum absolute atomic E-state index is 2.35. The Morgan fingerprint density at radius 2 is 1.40 bits per heavy atom. The summed E-state index contributed by atoms with van der Waals surface area (Å²) in [6.07, 6.45) is 13.6. The standard InChI is InChI=1S/C14H29Si/c1-3-5-12-15(13-6-4-2)14-10-8-7-9-11-14/h14H,3-13H2,1-2H3. The van der Waals surface area contributed by atoms with Crippen LogP contribution in [-0.2, 0) is 0 Å². The third-order valence-corrected chi connectivity index (χ3v) is 7.61. The van der Waals surface area contributed by atoms with Crippen LogP contribution in [0.25, 0.3) is 0 Å². The van der Waals surface area contributed by atoms with E-state index < -0.39 is 0 Å². The molecule has 15 heavy (non-hydrogen) atoms. The molecule has 89 valence electrons. The molecule has 1 rings (SSSR count). The Hall–Kier alpha value is 0.217. The summed E-state index contributed by atoms with van der Waals surface area (Å²) in [5.74, 6) is 0. The lowest BCUT2D eigenvalue weighted by Gasteiger charge is -2.29. The highest BCUT2D eigenvalue weighted by molar-refractivity contribution is 6.60. The van der Waals surface area contributed by atoms with Crippen LogP contribution in [-0.4, -0.2) is 8.80 Å². The van der Waals surface area contributed by atoms with E-state index in [9.17, 15) is 0 Å². The first kappa shape index (κ1) is 13.3. The van der Waals surface area contributed by atoms with Crippen molar-refractivity contribution in [3.05, 3.63) is 0 Å². The van der Waals surface area contributed by atoms with Crippen LogP contribution in [0.15, 0.2) is 0 Å². The van der Waals surface area contributed by atoms with Gasteiger partial charge in [0.05, 0.1) is 8.80 Å². The van der Waals surface area contributed by atoms with Crippen molar-refractivity contribution in [2.24, 2.45) is 0 Å². The zero-order valence-corrected chi connectivity index (χ0v) is 11.9. The van der Waals surface area contributed by atoms with Crippen molar-refractivity contribution in [3.8, 4) is 0 Å². The van der Waals surface area contributed by atoms with Gasteiger partial charge in [-0.2, -0.15) is 0 Å². The van der Waals surface area contributed by atoms with Gasteiger partial charge in [-0.15, -0.1) is 0 Å². The summed E-state index contributed by atoms with van der Waals surface area (Å²) in [5.41, 5.74) is 1.20. The molecular formula is C14H29Si. The minimum absolute atomic E-state index is 0.0295. The summed E-state index contributed by atoms with van der Waals surface area (Å²) >= 11 is 0. The average Bonchev–Trinajstić information content (AvgIpc) is 2.30. The van der Waals surface area contributed by atoms with E-state index in [1.165, 1.54) is 50.5 Å². The minimum Gasteiger partial charge on any atom is -0.0654 e. The van der Waals surface area contributed by atoms with Gasteiger partial charge in [0.1, 0.15) is 0 Å². The van der Waals surface area contributed by atoms with E-state index in [4.69, 9.17) is 0 Å². The second-order valence-corrected chi connectivity index (χ2v) is 8.33. The Kier molecular flexibility index (Phi) is 7.42. The molecule has 0 aliphatic heterocycles. The van der Waals surface area contributed by atoms with Crippen molar-refractivity contribution in [3.63, 3.8) is 0 Å². The van der Waals surface area contributed by atoms with Crippen molar-refractivity contribution >= 4 is 8.80 Å². The molecule has 0 aromatic carbocycles. The average molecular weight is 225 g/mol. The number of rotatable bonds is 7. The van der Waals surface area contributed by atoms with Crippen molar-refractivity contribution in [1.82, 2.24) is 0 Å². The Morgan fingerprint density at radius 3 is 1.87 bits per heavy atom. The fraction of sp³-hybridized carbons (Fsp3) is 1.00. The largest absolute Gasteiger partial charge is 0.0654 e. The zero-order valence-electron chi connectivity index (χ0n) is 10.9. The fourth-order valence-electron chi connectivity index (χ4n) is 2.85. The molecule has 0 spiro atoms. The van der Waals surface area contributed by atoms with Crippen LogP contribution in [0, 0.1) is 0 Å². The topological polar surface area (TPSA) is 0 Å². The fourth-order valence-corrected chi connectivity index (χ4v) is 6.76. The number of hydrogen-bond acceptors (Lipinski definition) is 0. The molecule has 0 nitrogen and oxygen atoms in total. The quantitative estimate of drug-likeness (QED) is 0.508. The Balaban J connectivity index is 2.30. The van der Waals surface area contributed by atoms with Gasteiger partial charge < -0.3 is 0 Å². The van der Waals surface area contributed by atoms with Gasteiger partial charge in [-0.05, 0) is 5.54 Å². The van der Waals surface area contributed by atoms with Gasteiger partial charge in [0.2, 0.25) is 0 Å². The smallest absolute Gasteiger partial charge is 0.0512 e. The van der Waals surface area contributed by atoms with Crippen molar-refractivity contribution in [1.29, 1.82) is 0 Å². The summed E-state index contributed by atoms with van der Waals surface area (Å²) in [7, 11) is 0.0295. The van der Waals surface area contributed by atoms with Gasteiger partial charge in [0.15, 0.2) is 0 Å². The second kappa shape index (κ2) is 8.38. The van der Waals surface area contributed by atoms with Gasteiger partial charge in [-0.1, -0.05) is 83.7 Å². The summed E-state index contributed by atoms with van der Waals surface area (Å²) in [6, 6.07) is 3.23. The number of unbranched alkanes of at least 4 members (excludes halogenated alkanes) is 2. The first-order valence-corrected chi connectivity index (χ1v) is 9.22. The van der Waals surface area contributed by atoms with Crippen LogP contribution in [0.5, 0.6) is 0 Å². The molecule has 1 radical (unpaired) electrons. The SMILES string of the molecule is CCCC[Si](CCCC)C1CCCCC1. The monoisotopic (exact) mass is 225 g/mol. The summed E-state index contributed by atoms with van der Waals surface area (Å²) in [4.78, 5) is 0. The van der Waals surface area contributed by atoms with Crippen LogP contribution >= 0.6 is 0 Å². The zero-order chi connectivity index (χ0) is 10.9. The third kappa shape index (κ3) is 5.19. The molecule has 1 fully saturated rings. The first-order valence-electron chi connectivity index (χ1n) is 7.23. The molecule has 1 aliphatic carbocycles. The van der Waals surface area contributed by atoms with Gasteiger partial charge in [0, 0.05) is 0 Å². The summed E-state index contributed by atoms with van der Waals surface area (Å²) in [5, 5.41) is 0. The molecule has 0 unspecified atom stereocenters. The van der Waals surface area contributed by atoms with Crippen LogP contribution in [0.4, 0.5) is 0 Å². The minimum atomic E-state index is 0.0295. The van der Waals surface area contributed by atoms with E-state index in [1.807, 2.05) is 0 Å². The molecule has 1 heteroatoms. The normalized spacial score (nSPS) is 18.6. The lowest BCUT2D eigenvalue weighted by molar-refractivity contribution is 0.493. The third-order valence-electron chi connectivity index (χ3n) is 3.89. The predicted molar refractivity (Wildman–Crippen MR) is 72.0 cm³/mol. The molecule has 0 heterocycles. The lowest BCUT2D eigenvalue weighted by atomic mass is 10.0. The van der Waals surface area contributed by atoms with Gasteiger partial charge in [0.25, 0.3) is 0 Å². The van der Waals surface area contributed by atoms with E-state index in [-0.39, 0.29) is 8.80 Å². The molecule has 0 atom stereocenters. The Morgan fingerprint density at radius 1 is 0.867 bits per heavy atom. The molecule has 0 bridgehead atoms. The van der Waals surface area contributed by atoms with E-state index in [0.717, 1.165) is 0 Å². The van der Waals surface area contributed by atoms with Crippen molar-refractivity contribution in [2.75, 3.05) is 0 Å². The molecule has 1 aliphatic rings. The van der Waals surface area contributed by atoms with E-state index in [1.54, 1.807) is 24.9 Å². The van der Waals surface area contributed by atoms with Crippen LogP contribution in [0.1, 0.15) is 71.6 Å². The summed E-state index contributed by atoms with van der Waals surface area (Å²) in [6.45, 7) is 4.69. The lowest BCUT2D eigenvalue weighted by Crippen LogP contribution is -2.22. The highest BCUT2D eigenvalue weighted by Gasteiger charge is 2.23. The predicted octanol–water partition coefficient (Wildman–Crippen LogP) is 5.42. The van der Waals surface area contributed by atoms with E-state index >= 15 is 0 Å². The first-order chi connectivity index (χ1) is 7.38. The van der Waals surface area contributed by atoms with Crippen molar-refractivity contribution < 1.29 is 0 Å². The Bertz CT molecular complexity index is 130. The molecule has 0 amide bonds. The maximum atomic E-state index is 2.35. The van der Waals surface area contributed by atoms with E-state index in [2.05, 4.69) is 13.8 Å². The molecule has 0 saturated heterocycles. The van der Waals surface area contributed by atoms with Crippen LogP contribution < -0.4 is 0 Å². The molecule has 0 aromatic heterocycles. The summed E-state index contributed by atoms with van der Waals surface area (Å²) < 4.78 is 0. The highest BCUT2D eigenvalue weighted by atomic mass is 28.3. The highest BCUT2D eigenvalue weighted by Crippen LogP contribution is 2.35.